The van der Waals surface area contributed by atoms with Crippen LogP contribution >= 0.6 is 0 Å². The zero-order valence-electron chi connectivity index (χ0n) is 11.0. The van der Waals surface area contributed by atoms with E-state index in [0.29, 0.717) is 5.56 Å². The van der Waals surface area contributed by atoms with Gasteiger partial charge in [0.2, 0.25) is 0 Å². The molecule has 0 aliphatic rings. The second-order valence-corrected chi connectivity index (χ2v) is 4.29. The summed E-state index contributed by atoms with van der Waals surface area (Å²) in [6.07, 6.45) is 1.09. The Kier molecular flexibility index (Phi) is 4.97. The van der Waals surface area contributed by atoms with Crippen LogP contribution in [0.25, 0.3) is 0 Å². The van der Waals surface area contributed by atoms with E-state index in [0.717, 1.165) is 24.2 Å². The first-order chi connectivity index (χ1) is 8.04. The lowest BCUT2D eigenvalue weighted by atomic mass is 10.1. The molecule has 17 heavy (non-hydrogen) atoms. The van der Waals surface area contributed by atoms with Gasteiger partial charge in [0.1, 0.15) is 0 Å². The zero-order valence-corrected chi connectivity index (χ0v) is 11.0. The van der Waals surface area contributed by atoms with Gasteiger partial charge in [-0.05, 0) is 37.1 Å². The highest BCUT2D eigenvalue weighted by molar-refractivity contribution is 5.94. The Balaban J connectivity index is 2.77. The van der Waals surface area contributed by atoms with Crippen molar-refractivity contribution in [2.24, 2.45) is 0 Å². The molecule has 2 N–H and O–H groups in total. The average molecular weight is 235 g/mol. The summed E-state index contributed by atoms with van der Waals surface area (Å²) in [5.41, 5.74) is 5.58. The number of amides is 1. The maximum Gasteiger partial charge on any atom is 0.265 e. The molecule has 0 saturated heterocycles. The fourth-order valence-corrected chi connectivity index (χ4v) is 1.53. The third-order valence-corrected chi connectivity index (χ3v) is 2.38. The number of rotatable bonds is 5. The zero-order chi connectivity index (χ0) is 12.8. The molecular weight excluding hydrogens is 214 g/mol. The van der Waals surface area contributed by atoms with Gasteiger partial charge in [-0.1, -0.05) is 6.92 Å². The molecule has 94 valence electrons. The van der Waals surface area contributed by atoms with Crippen LogP contribution in [0.4, 0.5) is 5.69 Å². The van der Waals surface area contributed by atoms with Crippen molar-refractivity contribution >= 4 is 11.6 Å². The molecule has 0 spiro atoms. The predicted octanol–water partition coefficient (Wildman–Crippen LogP) is 2.02. The molecule has 0 aromatic heterocycles. The Bertz CT molecular complexity index is 388. The Morgan fingerprint density at radius 1 is 1.35 bits per heavy atom. The Morgan fingerprint density at radius 3 is 2.59 bits per heavy atom. The molecular formula is C13H21N3O. The highest BCUT2D eigenvalue weighted by atomic mass is 16.2. The van der Waals surface area contributed by atoms with Crippen LogP contribution in [0.2, 0.25) is 0 Å². The minimum absolute atomic E-state index is 0.0832. The van der Waals surface area contributed by atoms with Crippen LogP contribution in [0.5, 0.6) is 0 Å². The van der Waals surface area contributed by atoms with Crippen LogP contribution in [-0.2, 0) is 0 Å². The molecule has 1 rings (SSSR count). The van der Waals surface area contributed by atoms with Crippen molar-refractivity contribution in [3.63, 3.8) is 0 Å². The van der Waals surface area contributed by atoms with Gasteiger partial charge in [0.15, 0.2) is 0 Å². The molecule has 4 heteroatoms. The van der Waals surface area contributed by atoms with E-state index in [1.165, 1.54) is 0 Å². The SMILES string of the molecule is CCCNc1ccc(C(=O)NN(C)C)cc1C. The lowest BCUT2D eigenvalue weighted by Crippen LogP contribution is -2.36. The topological polar surface area (TPSA) is 44.4 Å². The number of nitrogens with zero attached hydrogens (tertiary/aromatic N) is 1. The number of hydrogen-bond donors (Lipinski definition) is 2. The maximum atomic E-state index is 11.8. The molecule has 4 nitrogen and oxygen atoms in total. The largest absolute Gasteiger partial charge is 0.385 e. The molecule has 0 unspecified atom stereocenters. The van der Waals surface area contributed by atoms with Crippen molar-refractivity contribution in [3.8, 4) is 0 Å². The summed E-state index contributed by atoms with van der Waals surface area (Å²) in [5, 5.41) is 4.97. The van der Waals surface area contributed by atoms with Crippen LogP contribution in [-0.4, -0.2) is 31.6 Å². The first-order valence-electron chi connectivity index (χ1n) is 5.87. The summed E-state index contributed by atoms with van der Waals surface area (Å²) < 4.78 is 0. The number of hydrogen-bond acceptors (Lipinski definition) is 3. The van der Waals surface area contributed by atoms with Crippen LogP contribution in [0.15, 0.2) is 18.2 Å². The fourth-order valence-electron chi connectivity index (χ4n) is 1.53. The van der Waals surface area contributed by atoms with Crippen LogP contribution < -0.4 is 10.7 Å². The molecule has 0 saturated carbocycles. The number of aryl methyl sites for hydroxylation is 1. The lowest BCUT2D eigenvalue weighted by Gasteiger charge is -2.13. The Hall–Kier alpha value is -1.55. The molecule has 1 amide bonds. The molecule has 0 fully saturated rings. The third kappa shape index (κ3) is 4.07. The van der Waals surface area contributed by atoms with Gasteiger partial charge in [-0.25, -0.2) is 5.01 Å². The molecule has 0 aliphatic heterocycles. The summed E-state index contributed by atoms with van der Waals surface area (Å²) >= 11 is 0. The summed E-state index contributed by atoms with van der Waals surface area (Å²) in [6.45, 7) is 5.08. The maximum absolute atomic E-state index is 11.8. The summed E-state index contributed by atoms with van der Waals surface area (Å²) in [5.74, 6) is -0.0832. The van der Waals surface area contributed by atoms with Gasteiger partial charge in [-0.3, -0.25) is 10.2 Å². The van der Waals surface area contributed by atoms with E-state index >= 15 is 0 Å². The lowest BCUT2D eigenvalue weighted by molar-refractivity contribution is 0.0857. The number of nitrogens with one attached hydrogen (secondary N) is 2. The highest BCUT2D eigenvalue weighted by Gasteiger charge is 2.07. The van der Waals surface area contributed by atoms with Gasteiger partial charge in [0.25, 0.3) is 5.91 Å². The van der Waals surface area contributed by atoms with E-state index in [9.17, 15) is 4.79 Å². The van der Waals surface area contributed by atoms with Crippen LogP contribution in [0.3, 0.4) is 0 Å². The van der Waals surface area contributed by atoms with Crippen molar-refractivity contribution in [1.82, 2.24) is 10.4 Å². The van der Waals surface area contributed by atoms with E-state index < -0.39 is 0 Å². The average Bonchev–Trinajstić information content (AvgIpc) is 2.26. The number of carbonyl (C=O) groups is 1. The third-order valence-electron chi connectivity index (χ3n) is 2.38. The molecule has 0 atom stereocenters. The van der Waals surface area contributed by atoms with Gasteiger partial charge < -0.3 is 5.32 Å². The molecule has 0 radical (unpaired) electrons. The monoisotopic (exact) mass is 235 g/mol. The van der Waals surface area contributed by atoms with Crippen molar-refractivity contribution < 1.29 is 4.79 Å². The molecule has 1 aromatic carbocycles. The van der Waals surface area contributed by atoms with E-state index in [-0.39, 0.29) is 5.91 Å². The molecule has 0 aliphatic carbocycles. The van der Waals surface area contributed by atoms with Gasteiger partial charge in [0.05, 0.1) is 0 Å². The number of anilines is 1. The number of benzene rings is 1. The van der Waals surface area contributed by atoms with E-state index in [1.807, 2.05) is 25.1 Å². The summed E-state index contributed by atoms with van der Waals surface area (Å²) in [6, 6.07) is 5.69. The van der Waals surface area contributed by atoms with Gasteiger partial charge >= 0.3 is 0 Å². The standard InChI is InChI=1S/C13H21N3O/c1-5-8-14-12-7-6-11(9-10(12)2)13(17)15-16(3)4/h6-7,9,14H,5,8H2,1-4H3,(H,15,17). The molecule has 0 bridgehead atoms. The Morgan fingerprint density at radius 2 is 2.06 bits per heavy atom. The van der Waals surface area contributed by atoms with Gasteiger partial charge in [-0.2, -0.15) is 0 Å². The number of hydrazine groups is 1. The van der Waals surface area contributed by atoms with Crippen LogP contribution in [0.1, 0.15) is 29.3 Å². The van der Waals surface area contributed by atoms with Gasteiger partial charge in [0, 0.05) is 31.9 Å². The summed E-state index contributed by atoms with van der Waals surface area (Å²) in [7, 11) is 3.59. The predicted molar refractivity (Wildman–Crippen MR) is 71.1 cm³/mol. The molecule has 0 heterocycles. The minimum atomic E-state index is -0.0832. The minimum Gasteiger partial charge on any atom is -0.385 e. The first-order valence-corrected chi connectivity index (χ1v) is 5.87. The van der Waals surface area contributed by atoms with E-state index in [1.54, 1.807) is 19.1 Å². The van der Waals surface area contributed by atoms with Crippen molar-refractivity contribution in [2.45, 2.75) is 20.3 Å². The van der Waals surface area contributed by atoms with Crippen LogP contribution in [0, 0.1) is 6.92 Å². The highest BCUT2D eigenvalue weighted by Crippen LogP contribution is 2.16. The number of carbonyl (C=O) groups excluding carboxylic acids is 1. The Labute approximate surface area is 103 Å². The normalized spacial score (nSPS) is 10.4. The first kappa shape index (κ1) is 13.5. The second kappa shape index (κ2) is 6.25. The van der Waals surface area contributed by atoms with Gasteiger partial charge in [-0.15, -0.1) is 0 Å². The van der Waals surface area contributed by atoms with E-state index in [2.05, 4.69) is 17.7 Å². The second-order valence-electron chi connectivity index (χ2n) is 4.29. The quantitative estimate of drug-likeness (QED) is 0.767. The van der Waals surface area contributed by atoms with Crippen molar-refractivity contribution in [2.75, 3.05) is 26.0 Å². The fraction of sp³-hybridized carbons (Fsp3) is 0.462. The summed E-state index contributed by atoms with van der Waals surface area (Å²) in [4.78, 5) is 11.8. The van der Waals surface area contributed by atoms with Crippen molar-refractivity contribution in [1.29, 1.82) is 0 Å². The smallest absolute Gasteiger partial charge is 0.265 e. The van der Waals surface area contributed by atoms with E-state index in [4.69, 9.17) is 0 Å². The molecule has 1 aromatic rings. The van der Waals surface area contributed by atoms with Crippen molar-refractivity contribution in [3.05, 3.63) is 29.3 Å².